The van der Waals surface area contributed by atoms with Gasteiger partial charge in [-0.1, -0.05) is 12.0 Å². The summed E-state index contributed by atoms with van der Waals surface area (Å²) in [4.78, 5) is 4.23. The number of hydrogen-bond acceptors (Lipinski definition) is 2. The number of nitriles is 1. The standard InChI is InChI=1S/C14H13N3/c1-14(2,3)8-7-12-11(10-15)16-13-6-4-5-9-17(12)13/h4-6,9H,1-3H3. The highest BCUT2D eigenvalue weighted by molar-refractivity contribution is 5.52. The summed E-state index contributed by atoms with van der Waals surface area (Å²) < 4.78 is 1.84. The highest BCUT2D eigenvalue weighted by atomic mass is 15.0. The number of aromatic nitrogens is 2. The summed E-state index contributed by atoms with van der Waals surface area (Å²) in [5.74, 6) is 6.18. The quantitative estimate of drug-likeness (QED) is 0.644. The smallest absolute Gasteiger partial charge is 0.175 e. The van der Waals surface area contributed by atoms with Crippen LogP contribution in [0.5, 0.6) is 0 Å². The maximum absolute atomic E-state index is 9.06. The van der Waals surface area contributed by atoms with Gasteiger partial charge in [0.25, 0.3) is 0 Å². The number of imidazole rings is 1. The maximum Gasteiger partial charge on any atom is 0.175 e. The Labute approximate surface area is 101 Å². The number of fused-ring (bicyclic) bond motifs is 1. The van der Waals surface area contributed by atoms with Crippen molar-refractivity contribution in [1.82, 2.24) is 9.38 Å². The molecule has 0 radical (unpaired) electrons. The summed E-state index contributed by atoms with van der Waals surface area (Å²) in [6.07, 6.45) is 1.87. The third kappa shape index (κ3) is 2.29. The van der Waals surface area contributed by atoms with Crippen LogP contribution in [0.3, 0.4) is 0 Å². The molecule has 17 heavy (non-hydrogen) atoms. The van der Waals surface area contributed by atoms with Gasteiger partial charge in [0, 0.05) is 11.6 Å². The predicted molar refractivity (Wildman–Crippen MR) is 66.2 cm³/mol. The fourth-order valence-corrected chi connectivity index (χ4v) is 1.44. The lowest BCUT2D eigenvalue weighted by Gasteiger charge is -2.06. The van der Waals surface area contributed by atoms with E-state index >= 15 is 0 Å². The third-order valence-electron chi connectivity index (χ3n) is 2.19. The van der Waals surface area contributed by atoms with E-state index in [-0.39, 0.29) is 5.41 Å². The normalized spacial score (nSPS) is 10.7. The van der Waals surface area contributed by atoms with E-state index in [4.69, 9.17) is 5.26 Å². The van der Waals surface area contributed by atoms with Crippen LogP contribution in [0.4, 0.5) is 0 Å². The van der Waals surface area contributed by atoms with Crippen LogP contribution < -0.4 is 0 Å². The van der Waals surface area contributed by atoms with Crippen LogP contribution in [-0.2, 0) is 0 Å². The molecular weight excluding hydrogens is 210 g/mol. The van der Waals surface area contributed by atoms with Crippen molar-refractivity contribution in [3.8, 4) is 17.9 Å². The van der Waals surface area contributed by atoms with Gasteiger partial charge in [-0.15, -0.1) is 0 Å². The van der Waals surface area contributed by atoms with Crippen LogP contribution in [0.15, 0.2) is 24.4 Å². The zero-order chi connectivity index (χ0) is 12.5. The molecule has 0 amide bonds. The summed E-state index contributed by atoms with van der Waals surface area (Å²) >= 11 is 0. The SMILES string of the molecule is CC(C)(C)C#Cc1c(C#N)nc2ccccn12. The molecule has 0 spiro atoms. The lowest BCUT2D eigenvalue weighted by atomic mass is 9.98. The number of hydrogen-bond donors (Lipinski definition) is 0. The van der Waals surface area contributed by atoms with Gasteiger partial charge < -0.3 is 0 Å². The lowest BCUT2D eigenvalue weighted by Crippen LogP contribution is -2.00. The van der Waals surface area contributed by atoms with Crippen LogP contribution in [0.2, 0.25) is 0 Å². The van der Waals surface area contributed by atoms with Crippen molar-refractivity contribution in [2.24, 2.45) is 5.41 Å². The first-order valence-electron chi connectivity index (χ1n) is 5.41. The summed E-state index contributed by atoms with van der Waals surface area (Å²) in [5, 5.41) is 9.06. The molecule has 84 valence electrons. The molecule has 0 aliphatic rings. The molecule has 0 saturated heterocycles. The van der Waals surface area contributed by atoms with Crippen molar-refractivity contribution in [2.75, 3.05) is 0 Å². The molecule has 3 nitrogen and oxygen atoms in total. The van der Waals surface area contributed by atoms with E-state index in [0.717, 1.165) is 5.65 Å². The van der Waals surface area contributed by atoms with Gasteiger partial charge >= 0.3 is 0 Å². The molecule has 2 aromatic heterocycles. The van der Waals surface area contributed by atoms with Crippen LogP contribution >= 0.6 is 0 Å². The lowest BCUT2D eigenvalue weighted by molar-refractivity contribution is 0.571. The Hall–Kier alpha value is -2.26. The molecule has 0 aliphatic carbocycles. The second-order valence-electron chi connectivity index (χ2n) is 4.85. The van der Waals surface area contributed by atoms with Gasteiger partial charge in [0.2, 0.25) is 0 Å². The van der Waals surface area contributed by atoms with Gasteiger partial charge in [-0.25, -0.2) is 4.98 Å². The molecule has 0 unspecified atom stereocenters. The molecule has 2 rings (SSSR count). The van der Waals surface area contributed by atoms with Gasteiger partial charge in [-0.2, -0.15) is 5.26 Å². The van der Waals surface area contributed by atoms with Crippen molar-refractivity contribution < 1.29 is 0 Å². The average Bonchev–Trinajstić information content (AvgIpc) is 2.63. The largest absolute Gasteiger partial charge is 0.292 e. The Balaban J connectivity index is 2.66. The van der Waals surface area contributed by atoms with E-state index in [1.807, 2.05) is 49.6 Å². The number of pyridine rings is 1. The third-order valence-corrected chi connectivity index (χ3v) is 2.19. The van der Waals surface area contributed by atoms with E-state index in [1.54, 1.807) is 0 Å². The van der Waals surface area contributed by atoms with E-state index in [0.29, 0.717) is 11.4 Å². The van der Waals surface area contributed by atoms with Crippen molar-refractivity contribution >= 4 is 5.65 Å². The molecule has 0 bridgehead atoms. The molecule has 2 aromatic rings. The minimum atomic E-state index is -0.0916. The Morgan fingerprint density at radius 1 is 1.29 bits per heavy atom. The van der Waals surface area contributed by atoms with Gasteiger partial charge in [-0.05, 0) is 38.8 Å². The summed E-state index contributed by atoms with van der Waals surface area (Å²) in [5.41, 5.74) is 1.71. The van der Waals surface area contributed by atoms with Gasteiger partial charge in [0.15, 0.2) is 5.69 Å². The van der Waals surface area contributed by atoms with Crippen LogP contribution in [-0.4, -0.2) is 9.38 Å². The summed E-state index contributed by atoms with van der Waals surface area (Å²) in [6, 6.07) is 7.75. The first kappa shape index (κ1) is 11.2. The minimum Gasteiger partial charge on any atom is -0.292 e. The van der Waals surface area contributed by atoms with Crippen molar-refractivity contribution in [3.63, 3.8) is 0 Å². The molecule has 0 N–H and O–H groups in total. The topological polar surface area (TPSA) is 41.1 Å². The van der Waals surface area contributed by atoms with Crippen LogP contribution in [0.1, 0.15) is 32.2 Å². The monoisotopic (exact) mass is 223 g/mol. The fourth-order valence-electron chi connectivity index (χ4n) is 1.44. The first-order valence-corrected chi connectivity index (χ1v) is 5.41. The molecule has 0 atom stereocenters. The van der Waals surface area contributed by atoms with Crippen molar-refractivity contribution in [2.45, 2.75) is 20.8 Å². The van der Waals surface area contributed by atoms with Crippen molar-refractivity contribution in [1.29, 1.82) is 5.26 Å². The molecule has 0 aromatic carbocycles. The second-order valence-corrected chi connectivity index (χ2v) is 4.85. The number of rotatable bonds is 0. The Bertz CT molecular complexity index is 655. The Kier molecular flexibility index (Phi) is 2.61. The fraction of sp³-hybridized carbons (Fsp3) is 0.286. The second kappa shape index (κ2) is 3.96. The molecule has 0 fully saturated rings. The Morgan fingerprint density at radius 2 is 2.06 bits per heavy atom. The Morgan fingerprint density at radius 3 is 2.71 bits per heavy atom. The van der Waals surface area contributed by atoms with E-state index in [9.17, 15) is 0 Å². The van der Waals surface area contributed by atoms with Gasteiger partial charge in [-0.3, -0.25) is 4.40 Å². The molecular formula is C14H13N3. The van der Waals surface area contributed by atoms with Crippen LogP contribution in [0, 0.1) is 28.6 Å². The maximum atomic E-state index is 9.06. The van der Waals surface area contributed by atoms with Gasteiger partial charge in [0.1, 0.15) is 17.4 Å². The molecule has 2 heterocycles. The first-order chi connectivity index (χ1) is 8.01. The summed E-state index contributed by atoms with van der Waals surface area (Å²) in [7, 11) is 0. The molecule has 3 heteroatoms. The minimum absolute atomic E-state index is 0.0916. The van der Waals surface area contributed by atoms with E-state index < -0.39 is 0 Å². The predicted octanol–water partition coefficient (Wildman–Crippen LogP) is 2.60. The van der Waals surface area contributed by atoms with E-state index in [1.165, 1.54) is 0 Å². The van der Waals surface area contributed by atoms with Gasteiger partial charge in [0.05, 0.1) is 0 Å². The average molecular weight is 223 g/mol. The number of nitrogens with zero attached hydrogens (tertiary/aromatic N) is 3. The van der Waals surface area contributed by atoms with Crippen molar-refractivity contribution in [3.05, 3.63) is 35.8 Å². The zero-order valence-electron chi connectivity index (χ0n) is 10.2. The highest BCUT2D eigenvalue weighted by Crippen LogP contribution is 2.14. The van der Waals surface area contributed by atoms with E-state index in [2.05, 4.69) is 22.9 Å². The zero-order valence-corrected chi connectivity index (χ0v) is 10.2. The summed E-state index contributed by atoms with van der Waals surface area (Å²) in [6.45, 7) is 6.11. The van der Waals surface area contributed by atoms with Crippen LogP contribution in [0.25, 0.3) is 5.65 Å². The molecule has 0 aliphatic heterocycles. The highest BCUT2D eigenvalue weighted by Gasteiger charge is 2.10. The molecule has 0 saturated carbocycles.